The van der Waals surface area contributed by atoms with E-state index in [9.17, 15) is 0 Å². The van der Waals surface area contributed by atoms with Crippen molar-refractivity contribution in [1.82, 2.24) is 29.8 Å². The number of anilines is 1. The van der Waals surface area contributed by atoms with Crippen molar-refractivity contribution in [2.24, 2.45) is 5.92 Å². The third kappa shape index (κ3) is 2.88. The number of nitrogens with one attached hydrogen (secondary N) is 1. The van der Waals surface area contributed by atoms with Crippen LogP contribution in [-0.2, 0) is 12.8 Å². The standard InChI is InChI=1S/C15H19N7O/c1-2-12-19-20-13(23-12)8-10-3-4-11(7-10)18-14-15-21-17-9-22(15)6-5-16-14/h5-6,9-11H,2-4,7-8H2,1H3,(H,16,18)/t10-,11+/m1/s1. The van der Waals surface area contributed by atoms with Crippen LogP contribution in [0.5, 0.6) is 0 Å². The maximum absolute atomic E-state index is 5.62. The number of hydrogen-bond donors (Lipinski definition) is 1. The predicted molar refractivity (Wildman–Crippen MR) is 82.9 cm³/mol. The third-order valence-corrected chi connectivity index (χ3v) is 4.37. The molecule has 2 atom stereocenters. The first-order valence-corrected chi connectivity index (χ1v) is 8.04. The molecule has 0 unspecified atom stereocenters. The number of rotatable bonds is 5. The van der Waals surface area contributed by atoms with Gasteiger partial charge in [0.15, 0.2) is 5.82 Å². The first-order chi connectivity index (χ1) is 11.3. The number of fused-ring (bicyclic) bond motifs is 1. The maximum atomic E-state index is 5.62. The van der Waals surface area contributed by atoms with E-state index in [4.69, 9.17) is 4.42 Å². The van der Waals surface area contributed by atoms with E-state index in [0.717, 1.165) is 55.4 Å². The molecule has 0 radical (unpaired) electrons. The highest BCUT2D eigenvalue weighted by Gasteiger charge is 2.27. The smallest absolute Gasteiger partial charge is 0.216 e. The van der Waals surface area contributed by atoms with E-state index in [1.165, 1.54) is 0 Å². The van der Waals surface area contributed by atoms with Crippen molar-refractivity contribution in [3.63, 3.8) is 0 Å². The molecule has 23 heavy (non-hydrogen) atoms. The molecule has 0 bridgehead atoms. The Labute approximate surface area is 133 Å². The van der Waals surface area contributed by atoms with Gasteiger partial charge in [0.1, 0.15) is 6.33 Å². The van der Waals surface area contributed by atoms with Crippen molar-refractivity contribution >= 4 is 11.5 Å². The molecule has 1 saturated carbocycles. The summed E-state index contributed by atoms with van der Waals surface area (Å²) in [5.41, 5.74) is 0.764. The van der Waals surface area contributed by atoms with Crippen molar-refractivity contribution in [1.29, 1.82) is 0 Å². The lowest BCUT2D eigenvalue weighted by Gasteiger charge is -2.13. The van der Waals surface area contributed by atoms with E-state index in [2.05, 4.69) is 30.7 Å². The lowest BCUT2D eigenvalue weighted by Crippen LogP contribution is -2.17. The minimum atomic E-state index is 0.393. The van der Waals surface area contributed by atoms with Gasteiger partial charge in [-0.15, -0.1) is 20.4 Å². The first-order valence-electron chi connectivity index (χ1n) is 8.04. The Kier molecular flexibility index (Phi) is 3.64. The Morgan fingerprint density at radius 2 is 2.17 bits per heavy atom. The molecule has 3 aromatic heterocycles. The molecule has 1 aliphatic rings. The van der Waals surface area contributed by atoms with Gasteiger partial charge in [-0.2, -0.15) is 0 Å². The van der Waals surface area contributed by atoms with Crippen LogP contribution < -0.4 is 5.32 Å². The van der Waals surface area contributed by atoms with Crippen LogP contribution >= 0.6 is 0 Å². The van der Waals surface area contributed by atoms with Crippen molar-refractivity contribution in [3.8, 4) is 0 Å². The van der Waals surface area contributed by atoms with Crippen LogP contribution in [0.1, 0.15) is 38.0 Å². The van der Waals surface area contributed by atoms with Crippen LogP contribution in [0.15, 0.2) is 23.1 Å². The largest absolute Gasteiger partial charge is 0.425 e. The van der Waals surface area contributed by atoms with Crippen molar-refractivity contribution in [2.45, 2.75) is 45.1 Å². The molecule has 4 rings (SSSR count). The Morgan fingerprint density at radius 3 is 3.04 bits per heavy atom. The molecule has 8 nitrogen and oxygen atoms in total. The molecular formula is C15H19N7O. The molecule has 0 aliphatic heterocycles. The van der Waals surface area contributed by atoms with Gasteiger partial charge >= 0.3 is 0 Å². The van der Waals surface area contributed by atoms with E-state index in [1.54, 1.807) is 12.5 Å². The number of hydrogen-bond acceptors (Lipinski definition) is 7. The molecule has 3 heterocycles. The minimum Gasteiger partial charge on any atom is -0.425 e. The highest BCUT2D eigenvalue weighted by molar-refractivity contribution is 5.61. The fraction of sp³-hybridized carbons (Fsp3) is 0.533. The Bertz CT molecular complexity index is 796. The Balaban J connectivity index is 1.39. The summed E-state index contributed by atoms with van der Waals surface area (Å²) in [4.78, 5) is 4.39. The molecule has 3 aromatic rings. The van der Waals surface area contributed by atoms with Crippen molar-refractivity contribution in [2.75, 3.05) is 5.32 Å². The zero-order chi connectivity index (χ0) is 15.6. The second-order valence-electron chi connectivity index (χ2n) is 6.01. The average molecular weight is 313 g/mol. The highest BCUT2D eigenvalue weighted by Crippen LogP contribution is 2.30. The van der Waals surface area contributed by atoms with Crippen LogP contribution in [0.2, 0.25) is 0 Å². The fourth-order valence-corrected chi connectivity index (χ4v) is 3.21. The third-order valence-electron chi connectivity index (χ3n) is 4.37. The monoisotopic (exact) mass is 313 g/mol. The topological polar surface area (TPSA) is 94.0 Å². The number of nitrogens with zero attached hydrogens (tertiary/aromatic N) is 6. The molecule has 1 N–H and O–H groups in total. The summed E-state index contributed by atoms with van der Waals surface area (Å²) in [6.45, 7) is 2.02. The molecule has 0 spiro atoms. The highest BCUT2D eigenvalue weighted by atomic mass is 16.4. The van der Waals surface area contributed by atoms with Gasteiger partial charge in [-0.3, -0.25) is 4.40 Å². The lowest BCUT2D eigenvalue weighted by molar-refractivity contribution is 0.409. The van der Waals surface area contributed by atoms with Gasteiger partial charge in [0.25, 0.3) is 0 Å². The van der Waals surface area contributed by atoms with E-state index in [-0.39, 0.29) is 0 Å². The van der Waals surface area contributed by atoms with Crippen LogP contribution in [0.3, 0.4) is 0 Å². The van der Waals surface area contributed by atoms with Gasteiger partial charge in [0.05, 0.1) is 0 Å². The van der Waals surface area contributed by atoms with Gasteiger partial charge in [0, 0.05) is 31.3 Å². The molecular weight excluding hydrogens is 294 g/mol. The number of aromatic nitrogens is 6. The number of aryl methyl sites for hydroxylation is 1. The van der Waals surface area contributed by atoms with Gasteiger partial charge < -0.3 is 9.73 Å². The van der Waals surface area contributed by atoms with Crippen LogP contribution in [0.25, 0.3) is 5.65 Å². The van der Waals surface area contributed by atoms with Gasteiger partial charge in [0.2, 0.25) is 17.4 Å². The Morgan fingerprint density at radius 1 is 1.26 bits per heavy atom. The molecule has 8 heteroatoms. The first kappa shape index (κ1) is 14.1. The van der Waals surface area contributed by atoms with E-state index < -0.39 is 0 Å². The zero-order valence-corrected chi connectivity index (χ0v) is 13.0. The summed E-state index contributed by atoms with van der Waals surface area (Å²) >= 11 is 0. The summed E-state index contributed by atoms with van der Waals surface area (Å²) in [7, 11) is 0. The molecule has 1 aliphatic carbocycles. The van der Waals surface area contributed by atoms with Crippen LogP contribution in [0.4, 0.5) is 5.82 Å². The minimum absolute atomic E-state index is 0.393. The van der Waals surface area contributed by atoms with Gasteiger partial charge in [-0.25, -0.2) is 4.98 Å². The second-order valence-corrected chi connectivity index (χ2v) is 6.01. The van der Waals surface area contributed by atoms with Crippen LogP contribution in [-0.4, -0.2) is 35.8 Å². The molecule has 120 valence electrons. The summed E-state index contributed by atoms with van der Waals surface area (Å²) < 4.78 is 7.49. The predicted octanol–water partition coefficient (Wildman–Crippen LogP) is 1.89. The molecule has 1 fully saturated rings. The second kappa shape index (κ2) is 5.94. The lowest BCUT2D eigenvalue weighted by atomic mass is 10.0. The van der Waals surface area contributed by atoms with Gasteiger partial charge in [-0.1, -0.05) is 6.92 Å². The fourth-order valence-electron chi connectivity index (χ4n) is 3.21. The molecule has 0 aromatic carbocycles. The van der Waals surface area contributed by atoms with E-state index in [1.807, 2.05) is 17.5 Å². The Hall–Kier alpha value is -2.51. The average Bonchev–Trinajstić information content (AvgIpc) is 3.28. The van der Waals surface area contributed by atoms with Crippen molar-refractivity contribution < 1.29 is 4.42 Å². The summed E-state index contributed by atoms with van der Waals surface area (Å²) in [5.74, 6) is 2.83. The molecule has 0 amide bonds. The summed E-state index contributed by atoms with van der Waals surface area (Å²) in [6.07, 6.45) is 10.3. The van der Waals surface area contributed by atoms with Crippen molar-refractivity contribution in [3.05, 3.63) is 30.5 Å². The summed E-state index contributed by atoms with van der Waals surface area (Å²) in [6, 6.07) is 0.393. The zero-order valence-electron chi connectivity index (χ0n) is 13.0. The van der Waals surface area contributed by atoms with E-state index >= 15 is 0 Å². The van der Waals surface area contributed by atoms with Gasteiger partial charge in [-0.05, 0) is 25.2 Å². The normalized spacial score (nSPS) is 21.1. The van der Waals surface area contributed by atoms with E-state index in [0.29, 0.717) is 12.0 Å². The van der Waals surface area contributed by atoms with Crippen LogP contribution in [0, 0.1) is 5.92 Å². The summed E-state index contributed by atoms with van der Waals surface area (Å²) in [5, 5.41) is 19.7. The SMILES string of the molecule is CCc1nnc(C[C@@H]2CC[C@H](Nc3nccn4cnnc34)C2)o1. The quantitative estimate of drug-likeness (QED) is 0.768. The molecule has 0 saturated heterocycles. The maximum Gasteiger partial charge on any atom is 0.216 e.